The molecular formula is C55H38N2. The van der Waals surface area contributed by atoms with E-state index in [-0.39, 0.29) is 0 Å². The standard InChI is InChI=1S/C55H38N2/c1-5-19-39(20-6-1)46-31-18-34-53-54(46)49-38-45(35-36-52(49)57(53)43-26-11-4-12-27-43)56(42-24-9-3-10-25-42)44-28-17-23-41(37-44)55(40-21-7-2-8-22-40)50-32-15-13-29-47(50)48-30-14-16-33-51(48)55/h1-38H. The fraction of sp³-hybridized carbons (Fsp3) is 0.0182. The highest BCUT2D eigenvalue weighted by Crippen LogP contribution is 2.56. The predicted octanol–water partition coefficient (Wildman–Crippen LogP) is 14.3. The summed E-state index contributed by atoms with van der Waals surface area (Å²) < 4.78 is 2.41. The van der Waals surface area contributed by atoms with E-state index in [4.69, 9.17) is 0 Å². The fourth-order valence-electron chi connectivity index (χ4n) is 9.53. The molecule has 0 N–H and O–H groups in total. The van der Waals surface area contributed by atoms with E-state index in [0.717, 1.165) is 22.7 Å². The topological polar surface area (TPSA) is 8.17 Å². The molecular weight excluding hydrogens is 689 g/mol. The first-order valence-electron chi connectivity index (χ1n) is 19.7. The van der Waals surface area contributed by atoms with Gasteiger partial charge in [0.05, 0.1) is 16.4 Å². The molecule has 2 heteroatoms. The van der Waals surface area contributed by atoms with Crippen LogP contribution in [0.15, 0.2) is 231 Å². The van der Waals surface area contributed by atoms with Crippen LogP contribution >= 0.6 is 0 Å². The third-order valence-corrected chi connectivity index (χ3v) is 11.8. The summed E-state index contributed by atoms with van der Waals surface area (Å²) >= 11 is 0. The lowest BCUT2D eigenvalue weighted by atomic mass is 9.67. The minimum atomic E-state index is -0.496. The molecule has 0 unspecified atom stereocenters. The quantitative estimate of drug-likeness (QED) is 0.159. The van der Waals surface area contributed by atoms with Crippen molar-refractivity contribution in [2.75, 3.05) is 4.90 Å². The van der Waals surface area contributed by atoms with Crippen LogP contribution in [-0.2, 0) is 5.41 Å². The molecule has 0 atom stereocenters. The summed E-state index contributed by atoms with van der Waals surface area (Å²) in [6, 6.07) is 84.2. The van der Waals surface area contributed by atoms with Crippen LogP contribution in [0.5, 0.6) is 0 Å². The Morgan fingerprint density at radius 2 is 0.877 bits per heavy atom. The summed E-state index contributed by atoms with van der Waals surface area (Å²) in [5, 5.41) is 2.45. The largest absolute Gasteiger partial charge is 0.310 e. The number of hydrogen-bond acceptors (Lipinski definition) is 1. The van der Waals surface area contributed by atoms with Gasteiger partial charge in [0.2, 0.25) is 0 Å². The van der Waals surface area contributed by atoms with Crippen LogP contribution in [0.4, 0.5) is 17.1 Å². The van der Waals surface area contributed by atoms with Crippen LogP contribution in [0, 0.1) is 0 Å². The molecule has 0 radical (unpaired) electrons. The van der Waals surface area contributed by atoms with Crippen molar-refractivity contribution < 1.29 is 0 Å². The highest BCUT2D eigenvalue weighted by Gasteiger charge is 2.46. The van der Waals surface area contributed by atoms with E-state index in [1.807, 2.05) is 0 Å². The molecule has 268 valence electrons. The number of fused-ring (bicyclic) bond motifs is 6. The van der Waals surface area contributed by atoms with E-state index < -0.39 is 5.41 Å². The molecule has 1 heterocycles. The van der Waals surface area contributed by atoms with E-state index in [2.05, 4.69) is 240 Å². The zero-order valence-electron chi connectivity index (χ0n) is 31.3. The molecule has 0 bridgehead atoms. The Morgan fingerprint density at radius 3 is 1.58 bits per heavy atom. The third-order valence-electron chi connectivity index (χ3n) is 11.8. The second-order valence-electron chi connectivity index (χ2n) is 14.9. The van der Waals surface area contributed by atoms with Gasteiger partial charge in [-0.2, -0.15) is 0 Å². The monoisotopic (exact) mass is 726 g/mol. The molecule has 2 nitrogen and oxygen atoms in total. The first-order chi connectivity index (χ1) is 28.3. The first-order valence-corrected chi connectivity index (χ1v) is 19.7. The summed E-state index contributed by atoms with van der Waals surface area (Å²) in [6.07, 6.45) is 0. The van der Waals surface area contributed by atoms with E-state index >= 15 is 0 Å². The van der Waals surface area contributed by atoms with Gasteiger partial charge in [-0.15, -0.1) is 0 Å². The van der Waals surface area contributed by atoms with Gasteiger partial charge in [-0.3, -0.25) is 0 Å². The Labute approximate surface area is 333 Å². The van der Waals surface area contributed by atoms with Crippen molar-refractivity contribution >= 4 is 38.9 Å². The number of rotatable bonds is 7. The summed E-state index contributed by atoms with van der Waals surface area (Å²) in [6.45, 7) is 0. The molecule has 0 amide bonds. The summed E-state index contributed by atoms with van der Waals surface area (Å²) in [5.74, 6) is 0. The number of nitrogens with zero attached hydrogens (tertiary/aromatic N) is 2. The van der Waals surface area contributed by atoms with E-state index in [9.17, 15) is 0 Å². The van der Waals surface area contributed by atoms with Crippen LogP contribution in [-0.4, -0.2) is 4.57 Å². The second kappa shape index (κ2) is 13.4. The molecule has 1 aliphatic rings. The lowest BCUT2D eigenvalue weighted by molar-refractivity contribution is 0.768. The first kappa shape index (κ1) is 33.0. The van der Waals surface area contributed by atoms with Crippen molar-refractivity contribution in [3.05, 3.63) is 253 Å². The normalized spacial score (nSPS) is 12.7. The van der Waals surface area contributed by atoms with Crippen LogP contribution < -0.4 is 4.90 Å². The van der Waals surface area contributed by atoms with Gasteiger partial charge in [-0.05, 0) is 105 Å². The highest BCUT2D eigenvalue weighted by atomic mass is 15.1. The molecule has 1 aromatic heterocycles. The van der Waals surface area contributed by atoms with E-state index in [1.165, 1.54) is 66.3 Å². The predicted molar refractivity (Wildman–Crippen MR) is 238 cm³/mol. The molecule has 57 heavy (non-hydrogen) atoms. The van der Waals surface area contributed by atoms with Crippen molar-refractivity contribution in [3.63, 3.8) is 0 Å². The minimum absolute atomic E-state index is 0.496. The van der Waals surface area contributed by atoms with Crippen LogP contribution in [0.3, 0.4) is 0 Å². The van der Waals surface area contributed by atoms with Gasteiger partial charge >= 0.3 is 0 Å². The van der Waals surface area contributed by atoms with Gasteiger partial charge in [0.1, 0.15) is 0 Å². The van der Waals surface area contributed by atoms with Crippen molar-refractivity contribution in [1.82, 2.24) is 4.57 Å². The number of para-hydroxylation sites is 2. The highest BCUT2D eigenvalue weighted by molar-refractivity contribution is 6.16. The number of hydrogen-bond donors (Lipinski definition) is 0. The Hall–Kier alpha value is -7.42. The maximum atomic E-state index is 2.42. The maximum absolute atomic E-state index is 2.42. The van der Waals surface area contributed by atoms with Crippen LogP contribution in [0.2, 0.25) is 0 Å². The molecule has 11 rings (SSSR count). The van der Waals surface area contributed by atoms with Crippen molar-refractivity contribution in [2.45, 2.75) is 5.41 Å². The van der Waals surface area contributed by atoms with Crippen LogP contribution in [0.25, 0.3) is 49.7 Å². The van der Waals surface area contributed by atoms with Gasteiger partial charge in [0.25, 0.3) is 0 Å². The van der Waals surface area contributed by atoms with Gasteiger partial charge in [0.15, 0.2) is 0 Å². The lowest BCUT2D eigenvalue weighted by Crippen LogP contribution is -2.28. The average molecular weight is 727 g/mol. The molecule has 0 saturated carbocycles. The molecule has 1 aliphatic carbocycles. The number of aromatic nitrogens is 1. The Balaban J connectivity index is 1.17. The summed E-state index contributed by atoms with van der Waals surface area (Å²) in [4.78, 5) is 2.42. The van der Waals surface area contributed by atoms with Crippen LogP contribution in [0.1, 0.15) is 22.3 Å². The molecule has 0 saturated heterocycles. The number of anilines is 3. The van der Waals surface area contributed by atoms with Gasteiger partial charge in [-0.1, -0.05) is 170 Å². The Morgan fingerprint density at radius 1 is 0.351 bits per heavy atom. The SMILES string of the molecule is c1ccc(-c2cccc3c2c2cc(N(c4ccccc4)c4cccc(C5(c6ccccc6)c6ccccc6-c6ccccc65)c4)ccc2n3-c2ccccc2)cc1. The van der Waals surface area contributed by atoms with E-state index in [0.29, 0.717) is 0 Å². The molecule has 9 aromatic carbocycles. The molecule has 10 aromatic rings. The molecule has 0 fully saturated rings. The van der Waals surface area contributed by atoms with E-state index in [1.54, 1.807) is 0 Å². The Bertz CT molecular complexity index is 3010. The Kier molecular flexibility index (Phi) is 7.75. The van der Waals surface area contributed by atoms with Gasteiger partial charge in [0, 0.05) is 33.5 Å². The minimum Gasteiger partial charge on any atom is -0.310 e. The molecule has 0 aliphatic heterocycles. The maximum Gasteiger partial charge on any atom is 0.0714 e. The van der Waals surface area contributed by atoms with Gasteiger partial charge < -0.3 is 9.47 Å². The average Bonchev–Trinajstić information content (AvgIpc) is 3.79. The zero-order chi connectivity index (χ0) is 37.8. The van der Waals surface area contributed by atoms with Crippen molar-refractivity contribution in [2.24, 2.45) is 0 Å². The smallest absolute Gasteiger partial charge is 0.0714 e. The zero-order valence-corrected chi connectivity index (χ0v) is 31.3. The van der Waals surface area contributed by atoms with Crippen molar-refractivity contribution in [3.8, 4) is 27.9 Å². The molecule has 0 spiro atoms. The lowest BCUT2D eigenvalue weighted by Gasteiger charge is -2.35. The van der Waals surface area contributed by atoms with Gasteiger partial charge in [-0.25, -0.2) is 0 Å². The summed E-state index contributed by atoms with van der Waals surface area (Å²) in [7, 11) is 0. The third kappa shape index (κ3) is 5.11. The fourth-order valence-corrected chi connectivity index (χ4v) is 9.53. The number of benzene rings is 9. The van der Waals surface area contributed by atoms with Crippen molar-refractivity contribution in [1.29, 1.82) is 0 Å². The second-order valence-corrected chi connectivity index (χ2v) is 14.9. The summed E-state index contributed by atoms with van der Waals surface area (Å²) in [5.41, 5.74) is 16.4.